The minimum atomic E-state index is 0.101. The molecule has 4 heteroatoms. The highest BCUT2D eigenvalue weighted by Gasteiger charge is 2.17. The average molecular weight is 253 g/mol. The van der Waals surface area contributed by atoms with E-state index in [-0.39, 0.29) is 6.04 Å². The Morgan fingerprint density at radius 1 is 1.47 bits per heavy atom. The Balaban J connectivity index is 1.91. The standard InChI is InChI=1S/C13H23N3S/c1-10(14)12-8-15-13(17-12)16(2)9-11-6-4-3-5-7-11/h8,10-11H,3-7,9,14H2,1-2H3. The smallest absolute Gasteiger partial charge is 0.185 e. The second kappa shape index (κ2) is 5.83. The Hall–Kier alpha value is -0.610. The van der Waals surface area contributed by atoms with Crippen LogP contribution in [0, 0.1) is 5.92 Å². The van der Waals surface area contributed by atoms with Crippen molar-refractivity contribution in [2.24, 2.45) is 11.7 Å². The van der Waals surface area contributed by atoms with Gasteiger partial charge >= 0.3 is 0 Å². The number of rotatable bonds is 4. The van der Waals surface area contributed by atoms with Gasteiger partial charge in [0.15, 0.2) is 5.13 Å². The molecule has 0 saturated heterocycles. The Bertz CT molecular complexity index is 342. The number of nitrogens with two attached hydrogens (primary N) is 1. The zero-order chi connectivity index (χ0) is 12.3. The molecule has 0 aromatic carbocycles. The summed E-state index contributed by atoms with van der Waals surface area (Å²) in [6.07, 6.45) is 8.92. The Kier molecular flexibility index (Phi) is 4.40. The van der Waals surface area contributed by atoms with Crippen molar-refractivity contribution in [2.45, 2.75) is 45.1 Å². The van der Waals surface area contributed by atoms with Gasteiger partial charge in [-0.1, -0.05) is 19.3 Å². The summed E-state index contributed by atoms with van der Waals surface area (Å²) in [6, 6.07) is 0.101. The number of hydrogen-bond acceptors (Lipinski definition) is 4. The predicted octanol–water partition coefficient (Wildman–Crippen LogP) is 3.18. The number of anilines is 1. The highest BCUT2D eigenvalue weighted by atomic mass is 32.1. The minimum absolute atomic E-state index is 0.101. The van der Waals surface area contributed by atoms with Crippen LogP contribution < -0.4 is 10.6 Å². The largest absolute Gasteiger partial charge is 0.351 e. The van der Waals surface area contributed by atoms with Crippen LogP contribution in [-0.4, -0.2) is 18.6 Å². The Morgan fingerprint density at radius 3 is 2.76 bits per heavy atom. The van der Waals surface area contributed by atoms with Gasteiger partial charge in [0.25, 0.3) is 0 Å². The van der Waals surface area contributed by atoms with E-state index in [2.05, 4.69) is 16.9 Å². The quantitative estimate of drug-likeness (QED) is 0.896. The van der Waals surface area contributed by atoms with Gasteiger partial charge in [-0.3, -0.25) is 0 Å². The van der Waals surface area contributed by atoms with Crippen LogP contribution >= 0.6 is 11.3 Å². The summed E-state index contributed by atoms with van der Waals surface area (Å²) in [6.45, 7) is 3.16. The van der Waals surface area contributed by atoms with Gasteiger partial charge in [-0.15, -0.1) is 11.3 Å². The molecular weight excluding hydrogens is 230 g/mol. The lowest BCUT2D eigenvalue weighted by Crippen LogP contribution is -2.26. The molecule has 2 N–H and O–H groups in total. The molecule has 2 rings (SSSR count). The van der Waals surface area contributed by atoms with Gasteiger partial charge < -0.3 is 10.6 Å². The maximum Gasteiger partial charge on any atom is 0.185 e. The minimum Gasteiger partial charge on any atom is -0.351 e. The fraction of sp³-hybridized carbons (Fsp3) is 0.769. The van der Waals surface area contributed by atoms with Crippen molar-refractivity contribution in [3.8, 4) is 0 Å². The van der Waals surface area contributed by atoms with Crippen molar-refractivity contribution in [2.75, 3.05) is 18.5 Å². The van der Waals surface area contributed by atoms with E-state index in [4.69, 9.17) is 5.73 Å². The summed E-state index contributed by atoms with van der Waals surface area (Å²) in [4.78, 5) is 7.94. The van der Waals surface area contributed by atoms with E-state index in [1.54, 1.807) is 11.3 Å². The lowest BCUT2D eigenvalue weighted by Gasteiger charge is -2.26. The van der Waals surface area contributed by atoms with Crippen LogP contribution in [0.5, 0.6) is 0 Å². The summed E-state index contributed by atoms with van der Waals surface area (Å²) >= 11 is 1.73. The fourth-order valence-corrected chi connectivity index (χ4v) is 3.34. The van der Waals surface area contributed by atoms with E-state index in [0.29, 0.717) is 0 Å². The molecule has 3 nitrogen and oxygen atoms in total. The van der Waals surface area contributed by atoms with Crippen molar-refractivity contribution in [3.05, 3.63) is 11.1 Å². The third-order valence-electron chi connectivity index (χ3n) is 3.54. The highest BCUT2D eigenvalue weighted by molar-refractivity contribution is 7.15. The van der Waals surface area contributed by atoms with Gasteiger partial charge in [-0.25, -0.2) is 4.98 Å². The number of nitrogens with zero attached hydrogens (tertiary/aromatic N) is 2. The summed E-state index contributed by atoms with van der Waals surface area (Å²) in [7, 11) is 2.15. The number of aromatic nitrogens is 1. The molecule has 96 valence electrons. The lowest BCUT2D eigenvalue weighted by atomic mass is 9.89. The first-order chi connectivity index (χ1) is 8.16. The second-order valence-corrected chi connectivity index (χ2v) is 6.26. The molecule has 1 atom stereocenters. The van der Waals surface area contributed by atoms with Gasteiger partial charge in [0.1, 0.15) is 0 Å². The summed E-state index contributed by atoms with van der Waals surface area (Å²) in [5.74, 6) is 0.858. The van der Waals surface area contributed by atoms with Gasteiger partial charge in [0.05, 0.1) is 0 Å². The van der Waals surface area contributed by atoms with Crippen LogP contribution in [0.25, 0.3) is 0 Å². The summed E-state index contributed by atoms with van der Waals surface area (Å²) < 4.78 is 0. The topological polar surface area (TPSA) is 42.1 Å². The molecule has 0 amide bonds. The number of hydrogen-bond donors (Lipinski definition) is 1. The SMILES string of the molecule is CC(N)c1cnc(N(C)CC2CCCCC2)s1. The van der Waals surface area contributed by atoms with Crippen molar-refractivity contribution < 1.29 is 0 Å². The van der Waals surface area contributed by atoms with Crippen LogP contribution in [0.4, 0.5) is 5.13 Å². The maximum atomic E-state index is 5.86. The van der Waals surface area contributed by atoms with Crippen LogP contribution in [0.2, 0.25) is 0 Å². The lowest BCUT2D eigenvalue weighted by molar-refractivity contribution is 0.362. The molecule has 1 unspecified atom stereocenters. The Morgan fingerprint density at radius 2 is 2.18 bits per heavy atom. The molecular formula is C13H23N3S. The normalized spacial score (nSPS) is 19.2. The van der Waals surface area contributed by atoms with E-state index in [1.807, 2.05) is 13.1 Å². The predicted molar refractivity (Wildman–Crippen MR) is 74.6 cm³/mol. The fourth-order valence-electron chi connectivity index (χ4n) is 2.50. The van der Waals surface area contributed by atoms with E-state index in [1.165, 1.54) is 37.0 Å². The molecule has 1 fully saturated rings. The maximum absolute atomic E-state index is 5.86. The van der Waals surface area contributed by atoms with Crippen molar-refractivity contribution >= 4 is 16.5 Å². The molecule has 1 aliphatic rings. The zero-order valence-corrected chi connectivity index (χ0v) is 11.7. The van der Waals surface area contributed by atoms with E-state index in [9.17, 15) is 0 Å². The Labute approximate surface area is 108 Å². The molecule has 1 aromatic heterocycles. The molecule has 0 aliphatic heterocycles. The second-order valence-electron chi connectivity index (χ2n) is 5.22. The first-order valence-corrected chi connectivity index (χ1v) is 7.41. The summed E-state index contributed by atoms with van der Waals surface area (Å²) in [5, 5.41) is 1.11. The molecule has 0 spiro atoms. The first kappa shape index (κ1) is 12.8. The zero-order valence-electron chi connectivity index (χ0n) is 10.9. The van der Waals surface area contributed by atoms with Gasteiger partial charge in [0, 0.05) is 30.7 Å². The van der Waals surface area contributed by atoms with Crippen LogP contribution in [0.1, 0.15) is 49.9 Å². The van der Waals surface area contributed by atoms with E-state index >= 15 is 0 Å². The van der Waals surface area contributed by atoms with Crippen LogP contribution in [-0.2, 0) is 0 Å². The van der Waals surface area contributed by atoms with Crippen molar-refractivity contribution in [3.63, 3.8) is 0 Å². The van der Waals surface area contributed by atoms with Gasteiger partial charge in [-0.05, 0) is 25.7 Å². The molecule has 0 bridgehead atoms. The average Bonchev–Trinajstić information content (AvgIpc) is 2.79. The van der Waals surface area contributed by atoms with Crippen LogP contribution in [0.3, 0.4) is 0 Å². The summed E-state index contributed by atoms with van der Waals surface area (Å²) in [5.41, 5.74) is 5.86. The monoisotopic (exact) mass is 253 g/mol. The molecule has 1 saturated carbocycles. The number of thiazole rings is 1. The van der Waals surface area contributed by atoms with E-state index < -0.39 is 0 Å². The first-order valence-electron chi connectivity index (χ1n) is 6.59. The van der Waals surface area contributed by atoms with Crippen LogP contribution in [0.15, 0.2) is 6.20 Å². The highest BCUT2D eigenvalue weighted by Crippen LogP contribution is 2.29. The van der Waals surface area contributed by atoms with E-state index in [0.717, 1.165) is 17.6 Å². The molecule has 17 heavy (non-hydrogen) atoms. The van der Waals surface area contributed by atoms with Gasteiger partial charge in [0.2, 0.25) is 0 Å². The molecule has 1 aromatic rings. The van der Waals surface area contributed by atoms with Gasteiger partial charge in [-0.2, -0.15) is 0 Å². The molecule has 1 heterocycles. The van der Waals surface area contributed by atoms with Crippen molar-refractivity contribution in [1.82, 2.24) is 4.98 Å². The van der Waals surface area contributed by atoms with Crippen molar-refractivity contribution in [1.29, 1.82) is 0 Å². The third kappa shape index (κ3) is 3.42. The third-order valence-corrected chi connectivity index (χ3v) is 4.86. The molecule has 0 radical (unpaired) electrons. The molecule has 1 aliphatic carbocycles.